The van der Waals surface area contributed by atoms with E-state index in [4.69, 9.17) is 0 Å². The number of alkyl halides is 3. The number of nitrogens with zero attached hydrogens (tertiary/aromatic N) is 2. The highest BCUT2D eigenvalue weighted by atomic mass is 32.2. The van der Waals surface area contributed by atoms with Gasteiger partial charge < -0.3 is 9.15 Å². The average molecular weight is 311 g/mol. The lowest BCUT2D eigenvalue weighted by Gasteiger charge is -2.14. The molecular weight excluding hydrogens is 303 g/mol. The van der Waals surface area contributed by atoms with Crippen LogP contribution in [0.2, 0.25) is 0 Å². The summed E-state index contributed by atoms with van der Waals surface area (Å²) in [6, 6.07) is -0.0260. The minimum atomic E-state index is -4.77. The number of hydrogen-bond donors (Lipinski definition) is 1. The summed E-state index contributed by atoms with van der Waals surface area (Å²) in [6.07, 6.45) is -3.71. The van der Waals surface area contributed by atoms with Gasteiger partial charge in [-0.2, -0.15) is 21.6 Å². The highest BCUT2D eigenvalue weighted by Gasteiger charge is 2.44. The van der Waals surface area contributed by atoms with E-state index in [2.05, 4.69) is 18.5 Å². The first-order chi connectivity index (χ1) is 9.23. The Labute approximate surface area is 111 Å². The summed E-state index contributed by atoms with van der Waals surface area (Å²) in [5.41, 5.74) is 0. The Morgan fingerprint density at radius 3 is 2.70 bits per heavy atom. The van der Waals surface area contributed by atoms with Crippen LogP contribution in [-0.2, 0) is 14.9 Å². The molecule has 0 radical (unpaired) electrons. The van der Waals surface area contributed by atoms with Crippen molar-refractivity contribution in [1.29, 1.82) is 0 Å². The standard InChI is InChI=1S/C9H8F3N3O4S/c1-18-8-7(14-20(16,17)15-8)13-6(9(10,11)12)5-3-2-4-19-5/h2-4,6H,1H3,(H,13,14)/t6-/m0/s1. The van der Waals surface area contributed by atoms with E-state index in [-0.39, 0.29) is 0 Å². The lowest BCUT2D eigenvalue weighted by molar-refractivity contribution is -0.152. The molecule has 0 saturated heterocycles. The quantitative estimate of drug-likeness (QED) is 0.887. The number of furan rings is 1. The van der Waals surface area contributed by atoms with Crippen LogP contribution in [0, 0.1) is 0 Å². The number of ether oxygens (including phenoxy) is 1. The van der Waals surface area contributed by atoms with Crippen LogP contribution in [-0.4, -0.2) is 33.4 Å². The Kier molecular flexibility index (Phi) is 3.46. The van der Waals surface area contributed by atoms with Gasteiger partial charge in [0.05, 0.1) is 13.4 Å². The molecular formula is C9H8F3N3O4S. The van der Waals surface area contributed by atoms with Crippen molar-refractivity contribution in [1.82, 2.24) is 4.72 Å². The lowest BCUT2D eigenvalue weighted by atomic mass is 10.2. The maximum absolute atomic E-state index is 12.9. The summed E-state index contributed by atoms with van der Waals surface area (Å²) in [5, 5.41) is 0. The van der Waals surface area contributed by atoms with Crippen LogP contribution in [0.25, 0.3) is 0 Å². The zero-order valence-corrected chi connectivity index (χ0v) is 10.7. The van der Waals surface area contributed by atoms with E-state index in [1.54, 1.807) is 4.72 Å². The Bertz CT molecular complexity index is 648. The van der Waals surface area contributed by atoms with E-state index in [0.29, 0.717) is 0 Å². The van der Waals surface area contributed by atoms with Gasteiger partial charge in [0.1, 0.15) is 5.76 Å². The summed E-state index contributed by atoms with van der Waals surface area (Å²) in [6.45, 7) is 0. The molecule has 1 N–H and O–H groups in total. The molecule has 0 aliphatic carbocycles. The van der Waals surface area contributed by atoms with Gasteiger partial charge >= 0.3 is 16.4 Å². The molecule has 1 aliphatic rings. The Morgan fingerprint density at radius 1 is 1.50 bits per heavy atom. The number of amidine groups is 1. The number of methoxy groups -OCH3 is 1. The van der Waals surface area contributed by atoms with Gasteiger partial charge in [-0.1, -0.05) is 0 Å². The van der Waals surface area contributed by atoms with Crippen molar-refractivity contribution >= 4 is 21.9 Å². The fourth-order valence-corrected chi connectivity index (χ4v) is 2.24. The van der Waals surface area contributed by atoms with E-state index in [0.717, 1.165) is 19.4 Å². The highest BCUT2D eigenvalue weighted by molar-refractivity contribution is 7.89. The second-order valence-electron chi connectivity index (χ2n) is 3.61. The van der Waals surface area contributed by atoms with Crippen molar-refractivity contribution in [2.45, 2.75) is 12.2 Å². The van der Waals surface area contributed by atoms with Crippen LogP contribution in [0.5, 0.6) is 0 Å². The zero-order valence-electron chi connectivity index (χ0n) is 9.88. The van der Waals surface area contributed by atoms with Gasteiger partial charge in [0.2, 0.25) is 11.9 Å². The molecule has 1 aromatic rings. The maximum Gasteiger partial charge on any atom is 0.418 e. The second-order valence-corrected chi connectivity index (χ2v) is 4.95. The Hall–Kier alpha value is -2.04. The number of nitrogens with one attached hydrogen (secondary N) is 1. The molecule has 2 rings (SSSR count). The summed E-state index contributed by atoms with van der Waals surface area (Å²) >= 11 is 0. The molecule has 0 spiro atoms. The summed E-state index contributed by atoms with van der Waals surface area (Å²) in [4.78, 5) is 3.29. The normalized spacial score (nSPS) is 21.4. The smallest absolute Gasteiger partial charge is 0.418 e. The first-order valence-corrected chi connectivity index (χ1v) is 6.52. The van der Waals surface area contributed by atoms with Gasteiger partial charge in [-0.3, -0.25) is 0 Å². The molecule has 1 aromatic heterocycles. The second kappa shape index (κ2) is 4.81. The fourth-order valence-electron chi connectivity index (χ4n) is 1.43. The third-order valence-corrected chi connectivity index (χ3v) is 3.06. The van der Waals surface area contributed by atoms with E-state index in [1.165, 1.54) is 6.07 Å². The first kappa shape index (κ1) is 14.4. The maximum atomic E-state index is 12.9. The molecule has 11 heteroatoms. The molecule has 0 bridgehead atoms. The predicted octanol–water partition coefficient (Wildman–Crippen LogP) is 1.17. The van der Waals surface area contributed by atoms with E-state index < -0.39 is 39.9 Å². The molecule has 0 saturated carbocycles. The van der Waals surface area contributed by atoms with Gasteiger partial charge in [0, 0.05) is 0 Å². The molecule has 0 fully saturated rings. The minimum Gasteiger partial charge on any atom is -0.478 e. The summed E-state index contributed by atoms with van der Waals surface area (Å²) in [5.74, 6) is -1.66. The zero-order chi connectivity index (χ0) is 15.0. The fraction of sp³-hybridized carbons (Fsp3) is 0.333. The van der Waals surface area contributed by atoms with Crippen LogP contribution in [0.15, 0.2) is 32.2 Å². The molecule has 0 aromatic carbocycles. The number of hydrogen-bond acceptors (Lipinski definition) is 5. The van der Waals surface area contributed by atoms with E-state index >= 15 is 0 Å². The van der Waals surface area contributed by atoms with Crippen molar-refractivity contribution in [3.8, 4) is 0 Å². The van der Waals surface area contributed by atoms with Crippen LogP contribution in [0.4, 0.5) is 13.2 Å². The largest absolute Gasteiger partial charge is 0.478 e. The minimum absolute atomic E-state index is 0.480. The van der Waals surface area contributed by atoms with Gasteiger partial charge in [0.15, 0.2) is 0 Å². The molecule has 110 valence electrons. The van der Waals surface area contributed by atoms with Gasteiger partial charge in [-0.05, 0) is 12.1 Å². The highest BCUT2D eigenvalue weighted by Crippen LogP contribution is 2.36. The lowest BCUT2D eigenvalue weighted by Crippen LogP contribution is -2.30. The van der Waals surface area contributed by atoms with Gasteiger partial charge in [-0.15, -0.1) is 4.40 Å². The number of halogens is 3. The molecule has 0 amide bonds. The molecule has 0 unspecified atom stereocenters. The Balaban J connectivity index is 2.43. The van der Waals surface area contributed by atoms with Crippen molar-refractivity contribution in [2.75, 3.05) is 7.11 Å². The monoisotopic (exact) mass is 311 g/mol. The van der Waals surface area contributed by atoms with Crippen molar-refractivity contribution in [3.05, 3.63) is 24.2 Å². The third-order valence-electron chi connectivity index (χ3n) is 2.21. The predicted molar refractivity (Wildman–Crippen MR) is 61.4 cm³/mol. The van der Waals surface area contributed by atoms with Crippen LogP contribution < -0.4 is 4.72 Å². The Morgan fingerprint density at radius 2 is 2.20 bits per heavy atom. The molecule has 1 aliphatic heterocycles. The average Bonchev–Trinajstić information content (AvgIpc) is 2.91. The van der Waals surface area contributed by atoms with E-state index in [9.17, 15) is 21.6 Å². The van der Waals surface area contributed by atoms with Gasteiger partial charge in [-0.25, -0.2) is 9.71 Å². The number of aliphatic imine (C=N–C) groups is 1. The molecule has 2 heterocycles. The molecule has 7 nitrogen and oxygen atoms in total. The first-order valence-electron chi connectivity index (χ1n) is 5.08. The van der Waals surface area contributed by atoms with Crippen molar-refractivity contribution in [3.63, 3.8) is 0 Å². The topological polar surface area (TPSA) is 93.3 Å². The van der Waals surface area contributed by atoms with Crippen LogP contribution in [0.3, 0.4) is 0 Å². The van der Waals surface area contributed by atoms with Crippen LogP contribution >= 0.6 is 0 Å². The van der Waals surface area contributed by atoms with Crippen LogP contribution in [0.1, 0.15) is 11.8 Å². The molecule has 20 heavy (non-hydrogen) atoms. The summed E-state index contributed by atoms with van der Waals surface area (Å²) < 4.78 is 75.2. The van der Waals surface area contributed by atoms with Crippen molar-refractivity contribution < 1.29 is 30.7 Å². The summed E-state index contributed by atoms with van der Waals surface area (Å²) in [7, 11) is -3.07. The van der Waals surface area contributed by atoms with E-state index in [1.807, 2.05) is 0 Å². The number of rotatable bonds is 2. The SMILES string of the molecule is COC1=NS(=O)(=O)NC1=N[C@@H](c1ccco1)C(F)(F)F. The molecule has 1 atom stereocenters. The van der Waals surface area contributed by atoms with Crippen molar-refractivity contribution in [2.24, 2.45) is 9.39 Å². The van der Waals surface area contributed by atoms with Gasteiger partial charge in [0.25, 0.3) is 5.90 Å². The third kappa shape index (κ3) is 2.92.